The van der Waals surface area contributed by atoms with Gasteiger partial charge in [-0.3, -0.25) is 0 Å². The van der Waals surface area contributed by atoms with Crippen molar-refractivity contribution in [2.45, 2.75) is 62.3 Å². The molecule has 0 bridgehead atoms. The van der Waals surface area contributed by atoms with Crippen LogP contribution in [0.5, 0.6) is 0 Å². The molecular weight excluding hydrogens is 513 g/mol. The maximum absolute atomic E-state index is 13.2. The third kappa shape index (κ3) is 4.80. The minimum atomic E-state index is -2.75. The summed E-state index contributed by atoms with van der Waals surface area (Å²) in [5.74, 6) is 0.898. The van der Waals surface area contributed by atoms with Crippen LogP contribution in [0.2, 0.25) is 10.5 Å². The fourth-order valence-corrected chi connectivity index (χ4v) is 11.5. The number of hydrogen-bond acceptors (Lipinski definition) is 1. The van der Waals surface area contributed by atoms with Gasteiger partial charge < -0.3 is 24.8 Å². The number of benzene rings is 3. The molecule has 1 saturated carbocycles. The van der Waals surface area contributed by atoms with Gasteiger partial charge in [0, 0.05) is 0 Å². The molecule has 3 aromatic rings. The maximum atomic E-state index is 13.2. The molecule has 6 heteroatoms. The minimum absolute atomic E-state index is 0. The molecule has 3 aromatic carbocycles. The zero-order valence-electron chi connectivity index (χ0n) is 20.0. The third-order valence-corrected chi connectivity index (χ3v) is 12.4. The molecule has 1 fully saturated rings. The van der Waals surface area contributed by atoms with E-state index in [1.54, 1.807) is 3.88 Å². The van der Waals surface area contributed by atoms with E-state index < -0.39 is 16.8 Å². The van der Waals surface area contributed by atoms with Crippen LogP contribution in [0.4, 0.5) is 0 Å². The standard InChI is InChI=1S/C19H15.C7H13NO.2CH3.2ClH.H4Si.Ti/c1-12-11-13(2)19-17-10-6-4-8-15(17)14-7-3-5-9-16(14)18(12)19;8-7(9)6-4-2-1-3-5-6;;;;;;/h3-10,12H,1-2H3;6H,1-5H2,(H2,8,9);2*1H3;2*1H;1H4;/q;;;;;;;+3/p-3. The Kier molecular flexibility index (Phi) is 9.69. The molecule has 0 radical (unpaired) electrons. The molecule has 0 spiro atoms. The van der Waals surface area contributed by atoms with E-state index in [1.165, 1.54) is 57.5 Å². The predicted octanol–water partition coefficient (Wildman–Crippen LogP) is 0.259. The summed E-state index contributed by atoms with van der Waals surface area (Å²) in [7, 11) is 0. The first-order valence-corrected chi connectivity index (χ1v) is 16.6. The number of halogens is 2. The molecule has 0 saturated heterocycles. The Labute approximate surface area is 224 Å². The van der Waals surface area contributed by atoms with E-state index in [0.29, 0.717) is 11.8 Å². The number of fused-ring (bicyclic) bond motifs is 6. The zero-order chi connectivity index (χ0) is 21.8. The van der Waals surface area contributed by atoms with Gasteiger partial charge in [-0.25, -0.2) is 0 Å². The number of carbonyl (C=O) groups is 1. The van der Waals surface area contributed by atoms with Crippen molar-refractivity contribution in [3.05, 3.63) is 63.5 Å². The van der Waals surface area contributed by atoms with Gasteiger partial charge in [0.1, 0.15) is 0 Å². The molecule has 0 heterocycles. The topological polar surface area (TPSA) is 29.1 Å². The summed E-state index contributed by atoms with van der Waals surface area (Å²) < 4.78 is 5.19. The first-order chi connectivity index (χ1) is 14.9. The Morgan fingerprint density at radius 1 is 0.853 bits per heavy atom. The Morgan fingerprint density at radius 2 is 1.35 bits per heavy atom. The van der Waals surface area contributed by atoms with Crippen LogP contribution >= 0.6 is 0 Å². The Morgan fingerprint density at radius 3 is 1.94 bits per heavy atom. The van der Waals surface area contributed by atoms with Gasteiger partial charge in [-0.1, -0.05) is 0 Å². The molecule has 0 aliphatic heterocycles. The fraction of sp³-hybridized carbons (Fsp3) is 0.393. The second-order valence-electron chi connectivity index (χ2n) is 10.1. The van der Waals surface area contributed by atoms with Crippen LogP contribution in [-0.2, 0) is 21.6 Å². The van der Waals surface area contributed by atoms with E-state index in [9.17, 15) is 4.79 Å². The molecule has 1 amide bonds. The van der Waals surface area contributed by atoms with E-state index in [2.05, 4.69) is 76.6 Å². The van der Waals surface area contributed by atoms with Crippen LogP contribution < -0.4 is 28.6 Å². The van der Waals surface area contributed by atoms with Gasteiger partial charge in [-0.05, 0) is 11.0 Å². The van der Waals surface area contributed by atoms with E-state index in [1.807, 2.05) is 0 Å². The molecule has 5 rings (SSSR count). The van der Waals surface area contributed by atoms with Crippen LogP contribution in [0.15, 0.2) is 52.4 Å². The first kappa shape index (κ1) is 29.1. The van der Waals surface area contributed by atoms with E-state index in [4.69, 9.17) is 0 Å². The summed E-state index contributed by atoms with van der Waals surface area (Å²) in [5.41, 5.74) is 4.30. The van der Waals surface area contributed by atoms with Crippen molar-refractivity contribution in [1.29, 1.82) is 0 Å². The molecule has 1 N–H and O–H groups in total. The molecule has 2 aliphatic rings. The summed E-state index contributed by atoms with van der Waals surface area (Å²) in [6.07, 6.45) is 5.81. The summed E-state index contributed by atoms with van der Waals surface area (Å²) >= 11 is -2.75. The smallest absolute Gasteiger partial charge is 0.0149 e. The molecule has 2 nitrogen and oxygen atoms in total. The molecule has 1 atom stereocenters. The van der Waals surface area contributed by atoms with Crippen molar-refractivity contribution in [3.63, 3.8) is 0 Å². The average molecular weight is 550 g/mol. The quantitative estimate of drug-likeness (QED) is 0.368. The number of carbonyl (C=O) groups excluding carboxylic acids is 1. The molecule has 0 aromatic heterocycles. The van der Waals surface area contributed by atoms with Crippen molar-refractivity contribution < 1.29 is 46.5 Å². The van der Waals surface area contributed by atoms with Crippen molar-refractivity contribution in [2.75, 3.05) is 0 Å². The number of allylic oxidation sites excluding steroid dienone is 2. The summed E-state index contributed by atoms with van der Waals surface area (Å²) in [6.45, 7) is 4.67. The molecule has 34 heavy (non-hydrogen) atoms. The first-order valence-electron chi connectivity index (χ1n) is 11.9. The second kappa shape index (κ2) is 11.3. The SMILES string of the molecule is CC1=[C]([Ti+2]([CH3])([CH3])[NH]C(=O)C2CCCCC2)C(C)c2c1c1ccccc1c1ccccc21.[Cl-].[Cl-].[SiH4]. The molecular formula is C28H37Cl2NOSiTi. The predicted molar refractivity (Wildman–Crippen MR) is 140 cm³/mol. The third-order valence-electron chi connectivity index (χ3n) is 7.70. The summed E-state index contributed by atoms with van der Waals surface area (Å²) in [4.78, 5) is 13.2. The van der Waals surface area contributed by atoms with Gasteiger partial charge in [0.25, 0.3) is 0 Å². The number of nitrogens with one attached hydrogen (secondary N) is 1. The zero-order valence-corrected chi connectivity index (χ0v) is 23.0. The monoisotopic (exact) mass is 549 g/mol. The largest absolute Gasteiger partial charge is 1.00 e. The summed E-state index contributed by atoms with van der Waals surface area (Å²) in [5, 5.41) is 10.2. The number of rotatable bonds is 3. The van der Waals surface area contributed by atoms with Crippen molar-refractivity contribution >= 4 is 44.0 Å². The summed E-state index contributed by atoms with van der Waals surface area (Å²) in [6, 6.07) is 17.7. The second-order valence-corrected chi connectivity index (χ2v) is 16.4. The van der Waals surface area contributed by atoms with Gasteiger partial charge in [-0.2, -0.15) is 0 Å². The van der Waals surface area contributed by atoms with E-state index >= 15 is 0 Å². The minimum Gasteiger partial charge on any atom is -1.00 e. The Bertz CT molecular complexity index is 1230. The average Bonchev–Trinajstić information content (AvgIpc) is 3.05. The van der Waals surface area contributed by atoms with Gasteiger partial charge in [0.2, 0.25) is 0 Å². The normalized spacial score (nSPS) is 17.6. The van der Waals surface area contributed by atoms with Gasteiger partial charge in [0.15, 0.2) is 0 Å². The van der Waals surface area contributed by atoms with Crippen LogP contribution in [0.1, 0.15) is 63.0 Å². The van der Waals surface area contributed by atoms with Crippen molar-refractivity contribution in [2.24, 2.45) is 5.92 Å². The van der Waals surface area contributed by atoms with E-state index in [0.717, 1.165) is 12.8 Å². The molecule has 2 aliphatic carbocycles. The van der Waals surface area contributed by atoms with Gasteiger partial charge in [-0.15, -0.1) is 0 Å². The fourth-order valence-electron chi connectivity index (χ4n) is 6.48. The van der Waals surface area contributed by atoms with Crippen LogP contribution in [0, 0.1) is 5.92 Å². The van der Waals surface area contributed by atoms with Crippen LogP contribution in [0.25, 0.3) is 27.1 Å². The number of amides is 1. The van der Waals surface area contributed by atoms with Crippen LogP contribution in [-0.4, -0.2) is 16.9 Å². The Balaban J connectivity index is 0.00000136. The van der Waals surface area contributed by atoms with Crippen LogP contribution in [0.3, 0.4) is 0 Å². The Hall–Kier alpha value is -1.10. The number of hydrogen-bond donors (Lipinski definition) is 1. The molecule has 1 unspecified atom stereocenters. The van der Waals surface area contributed by atoms with Gasteiger partial charge in [0.05, 0.1) is 0 Å². The van der Waals surface area contributed by atoms with Crippen molar-refractivity contribution in [1.82, 2.24) is 3.80 Å². The van der Waals surface area contributed by atoms with E-state index in [-0.39, 0.29) is 41.7 Å². The maximum Gasteiger partial charge on any atom is -0.0149 e. The molecule has 182 valence electrons. The van der Waals surface area contributed by atoms with Crippen molar-refractivity contribution in [3.8, 4) is 0 Å². The van der Waals surface area contributed by atoms with Gasteiger partial charge >= 0.3 is 190 Å².